The van der Waals surface area contributed by atoms with E-state index in [1.807, 2.05) is 75.4 Å². The van der Waals surface area contributed by atoms with E-state index in [1.165, 1.54) is 0 Å². The summed E-state index contributed by atoms with van der Waals surface area (Å²) in [5.74, 6) is 1.31. The third kappa shape index (κ3) is 5.13. The summed E-state index contributed by atoms with van der Waals surface area (Å²) in [5, 5.41) is 11.1. The Morgan fingerprint density at radius 1 is 1.03 bits per heavy atom. The molecule has 0 unspecified atom stereocenters. The number of benzene rings is 3. The molecule has 0 bridgehead atoms. The van der Waals surface area contributed by atoms with Crippen molar-refractivity contribution >= 4 is 45.9 Å². The number of aryl methyl sites for hydroxylation is 2. The van der Waals surface area contributed by atoms with Crippen LogP contribution in [0.25, 0.3) is 28.4 Å². The van der Waals surface area contributed by atoms with Crippen LogP contribution in [0.4, 0.5) is 0 Å². The van der Waals surface area contributed by atoms with Gasteiger partial charge in [0.2, 0.25) is 0 Å². The Morgan fingerprint density at radius 2 is 1.81 bits per heavy atom. The van der Waals surface area contributed by atoms with E-state index < -0.39 is 0 Å². The van der Waals surface area contributed by atoms with Gasteiger partial charge in [0.25, 0.3) is 0 Å². The van der Waals surface area contributed by atoms with Crippen molar-refractivity contribution in [1.29, 1.82) is 5.26 Å². The fourth-order valence-electron chi connectivity index (χ4n) is 4.38. The molecule has 0 atom stereocenters. The van der Waals surface area contributed by atoms with Crippen LogP contribution < -0.4 is 4.74 Å². The number of nitriles is 1. The molecule has 7 heteroatoms. The molecule has 0 aliphatic rings. The first-order chi connectivity index (χ1) is 17.8. The van der Waals surface area contributed by atoms with Gasteiger partial charge in [-0.3, -0.25) is 0 Å². The van der Waals surface area contributed by atoms with Gasteiger partial charge in [-0.2, -0.15) is 5.26 Å². The molecule has 0 fully saturated rings. The van der Waals surface area contributed by atoms with Crippen molar-refractivity contribution < 1.29 is 4.74 Å². The number of fused-ring (bicyclic) bond motifs is 1. The predicted molar refractivity (Wildman–Crippen MR) is 150 cm³/mol. The summed E-state index contributed by atoms with van der Waals surface area (Å²) in [7, 11) is 0. The molecule has 0 spiro atoms. The lowest BCUT2D eigenvalue weighted by Crippen LogP contribution is -2.00. The number of nitrogens with one attached hydrogen (secondary N) is 1. The van der Waals surface area contributed by atoms with E-state index >= 15 is 0 Å². The summed E-state index contributed by atoms with van der Waals surface area (Å²) in [4.78, 5) is 7.89. The fourth-order valence-corrected chi connectivity index (χ4v) is 4.85. The van der Waals surface area contributed by atoms with Gasteiger partial charge in [-0.25, -0.2) is 4.98 Å². The summed E-state index contributed by atoms with van der Waals surface area (Å²) < 4.78 is 8.08. The number of imidazole rings is 1. The van der Waals surface area contributed by atoms with Crippen molar-refractivity contribution in [3.63, 3.8) is 0 Å². The molecule has 5 aromatic rings. The normalized spacial score (nSPS) is 11.6. The second-order valence-electron chi connectivity index (χ2n) is 8.96. The van der Waals surface area contributed by atoms with Gasteiger partial charge in [0, 0.05) is 32.7 Å². The van der Waals surface area contributed by atoms with E-state index in [0.717, 1.165) is 50.5 Å². The molecule has 0 saturated heterocycles. The van der Waals surface area contributed by atoms with Crippen LogP contribution in [-0.4, -0.2) is 14.5 Å². The minimum absolute atomic E-state index is 0.351. The van der Waals surface area contributed by atoms with Gasteiger partial charge in [-0.05, 0) is 92.6 Å². The third-order valence-electron chi connectivity index (χ3n) is 6.29. The summed E-state index contributed by atoms with van der Waals surface area (Å²) in [6, 6.07) is 23.7. The zero-order valence-electron chi connectivity index (χ0n) is 20.6. The second kappa shape index (κ2) is 10.2. The van der Waals surface area contributed by atoms with Crippen molar-refractivity contribution in [3.05, 3.63) is 111 Å². The van der Waals surface area contributed by atoms with Gasteiger partial charge in [-0.15, -0.1) is 0 Å². The van der Waals surface area contributed by atoms with Gasteiger partial charge in [-0.1, -0.05) is 35.3 Å². The van der Waals surface area contributed by atoms with Crippen molar-refractivity contribution in [3.8, 4) is 17.5 Å². The van der Waals surface area contributed by atoms with Crippen LogP contribution in [-0.2, 0) is 6.61 Å². The topological polar surface area (TPSA) is 66.6 Å². The number of hydrogen-bond donors (Lipinski definition) is 1. The van der Waals surface area contributed by atoms with Gasteiger partial charge in [0.05, 0.1) is 16.6 Å². The van der Waals surface area contributed by atoms with E-state index in [0.29, 0.717) is 28.0 Å². The summed E-state index contributed by atoms with van der Waals surface area (Å²) in [6.45, 7) is 6.48. The quantitative estimate of drug-likeness (QED) is 0.226. The van der Waals surface area contributed by atoms with Gasteiger partial charge >= 0.3 is 0 Å². The molecule has 0 radical (unpaired) electrons. The Kier molecular flexibility index (Phi) is 6.80. The highest BCUT2D eigenvalue weighted by Crippen LogP contribution is 2.28. The lowest BCUT2D eigenvalue weighted by molar-refractivity contribution is 0.306. The molecule has 37 heavy (non-hydrogen) atoms. The average molecular weight is 527 g/mol. The number of H-pyrrole nitrogens is 1. The maximum absolute atomic E-state index is 9.88. The Hall–Kier alpha value is -3.98. The van der Waals surface area contributed by atoms with Crippen LogP contribution in [0.1, 0.15) is 33.9 Å². The highest BCUT2D eigenvalue weighted by atomic mass is 35.5. The summed E-state index contributed by atoms with van der Waals surface area (Å²) >= 11 is 12.2. The van der Waals surface area contributed by atoms with Crippen molar-refractivity contribution in [2.45, 2.75) is 27.4 Å². The number of ether oxygens (including phenoxy) is 1. The molecule has 2 aromatic heterocycles. The molecule has 0 aliphatic heterocycles. The van der Waals surface area contributed by atoms with Crippen LogP contribution in [0.2, 0.25) is 10.0 Å². The Labute approximate surface area is 225 Å². The molecule has 5 rings (SSSR count). The second-order valence-corrected chi connectivity index (χ2v) is 9.80. The Balaban J connectivity index is 1.39. The third-order valence-corrected chi connectivity index (χ3v) is 6.87. The van der Waals surface area contributed by atoms with E-state index in [-0.39, 0.29) is 0 Å². The zero-order valence-corrected chi connectivity index (χ0v) is 22.2. The molecular formula is C30H24Cl2N4O. The molecule has 2 heterocycles. The Bertz CT molecular complexity index is 1690. The van der Waals surface area contributed by atoms with E-state index in [9.17, 15) is 5.26 Å². The van der Waals surface area contributed by atoms with E-state index in [2.05, 4.69) is 26.7 Å². The smallest absolute Gasteiger partial charge is 0.149 e. The fraction of sp³-hybridized carbons (Fsp3) is 0.133. The molecule has 3 aromatic carbocycles. The van der Waals surface area contributed by atoms with Crippen LogP contribution in [0.15, 0.2) is 66.7 Å². The lowest BCUT2D eigenvalue weighted by Gasteiger charge is -2.12. The number of aromatic nitrogens is 3. The summed E-state index contributed by atoms with van der Waals surface area (Å²) in [5.41, 5.74) is 8.30. The largest absolute Gasteiger partial charge is 0.489 e. The molecule has 0 saturated carbocycles. The maximum atomic E-state index is 9.88. The number of allylic oxidation sites excluding steroid dienone is 1. The van der Waals surface area contributed by atoms with Crippen molar-refractivity contribution in [1.82, 2.24) is 14.5 Å². The molecule has 0 amide bonds. The standard InChI is InChI=1S/C30H24Cl2N4O/c1-18-4-11-28-29(12-18)35-30(34-28)23(16-33)14-22-13-19(2)36(20(22)3)25-7-9-26(10-8-25)37-17-21-5-6-24(31)15-27(21)32/h4-15H,17H2,1-3H3,(H,34,35)/b23-14-. The van der Waals surface area contributed by atoms with Crippen LogP contribution >= 0.6 is 23.2 Å². The highest BCUT2D eigenvalue weighted by Gasteiger charge is 2.13. The lowest BCUT2D eigenvalue weighted by atomic mass is 10.1. The Morgan fingerprint density at radius 3 is 2.54 bits per heavy atom. The molecule has 5 nitrogen and oxygen atoms in total. The van der Waals surface area contributed by atoms with Crippen LogP contribution in [0.3, 0.4) is 0 Å². The highest BCUT2D eigenvalue weighted by molar-refractivity contribution is 6.35. The van der Waals surface area contributed by atoms with Gasteiger partial charge in [0.1, 0.15) is 24.3 Å². The number of rotatable bonds is 6. The monoisotopic (exact) mass is 526 g/mol. The first-order valence-electron chi connectivity index (χ1n) is 11.8. The van der Waals surface area contributed by atoms with Gasteiger partial charge in [0.15, 0.2) is 0 Å². The molecular weight excluding hydrogens is 503 g/mol. The number of hydrogen-bond acceptors (Lipinski definition) is 3. The van der Waals surface area contributed by atoms with E-state index in [4.69, 9.17) is 27.9 Å². The predicted octanol–water partition coefficient (Wildman–Crippen LogP) is 8.23. The van der Waals surface area contributed by atoms with Crippen molar-refractivity contribution in [2.24, 2.45) is 0 Å². The SMILES string of the molecule is Cc1ccc2nc(/C(C#N)=C\c3cc(C)n(-c4ccc(OCc5ccc(Cl)cc5Cl)cc4)c3C)[nH]c2c1. The van der Waals surface area contributed by atoms with Crippen molar-refractivity contribution in [2.75, 3.05) is 0 Å². The molecule has 184 valence electrons. The first-order valence-corrected chi connectivity index (χ1v) is 12.5. The first kappa shape index (κ1) is 24.7. The molecule has 0 aliphatic carbocycles. The average Bonchev–Trinajstić information content (AvgIpc) is 3.41. The van der Waals surface area contributed by atoms with E-state index in [1.54, 1.807) is 12.1 Å². The zero-order chi connectivity index (χ0) is 26.1. The number of nitrogens with zero attached hydrogens (tertiary/aromatic N) is 3. The molecule has 1 N–H and O–H groups in total. The summed E-state index contributed by atoms with van der Waals surface area (Å²) in [6.07, 6.45) is 1.89. The van der Waals surface area contributed by atoms with Gasteiger partial charge < -0.3 is 14.3 Å². The number of halogens is 2. The maximum Gasteiger partial charge on any atom is 0.149 e. The van der Waals surface area contributed by atoms with Crippen LogP contribution in [0.5, 0.6) is 5.75 Å². The minimum atomic E-state index is 0.351. The van der Waals surface area contributed by atoms with Crippen LogP contribution in [0, 0.1) is 32.1 Å². The minimum Gasteiger partial charge on any atom is -0.489 e. The number of aromatic amines is 1.